The number of likely N-dealkylation sites (tertiary alicyclic amines) is 1. The maximum atomic E-state index is 4.45. The molecule has 1 fully saturated rings. The largest absolute Gasteiger partial charge is 0.354 e. The van der Waals surface area contributed by atoms with Gasteiger partial charge in [0.15, 0.2) is 5.96 Å². The van der Waals surface area contributed by atoms with Gasteiger partial charge in [-0.15, -0.1) is 0 Å². The highest BCUT2D eigenvalue weighted by atomic mass is 15.3. The van der Waals surface area contributed by atoms with Gasteiger partial charge in [0, 0.05) is 32.9 Å². The lowest BCUT2D eigenvalue weighted by Crippen LogP contribution is -2.41. The van der Waals surface area contributed by atoms with Crippen LogP contribution >= 0.6 is 0 Å². The number of aliphatic imine (C=N–C) groups is 1. The molecule has 0 bridgehead atoms. The quantitative estimate of drug-likeness (QED) is 0.678. The number of guanidine groups is 1. The van der Waals surface area contributed by atoms with Gasteiger partial charge in [-0.25, -0.2) is 0 Å². The second-order valence-corrected chi connectivity index (χ2v) is 6.55. The Balaban J connectivity index is 1.46. The molecule has 1 aliphatic heterocycles. The van der Waals surface area contributed by atoms with Gasteiger partial charge in [0.1, 0.15) is 0 Å². The van der Waals surface area contributed by atoms with Crippen molar-refractivity contribution in [3.63, 3.8) is 0 Å². The number of benzene rings is 1. The van der Waals surface area contributed by atoms with Crippen molar-refractivity contribution in [3.8, 4) is 0 Å². The third-order valence-corrected chi connectivity index (χ3v) is 4.55. The van der Waals surface area contributed by atoms with Crippen LogP contribution in [-0.2, 0) is 13.0 Å². The van der Waals surface area contributed by atoms with Gasteiger partial charge in [-0.05, 0) is 36.8 Å². The second kappa shape index (κ2) is 7.99. The summed E-state index contributed by atoms with van der Waals surface area (Å²) in [4.78, 5) is 6.83. The summed E-state index contributed by atoms with van der Waals surface area (Å²) in [5.41, 5.74) is 2.63. The van der Waals surface area contributed by atoms with Crippen LogP contribution < -0.4 is 5.32 Å². The lowest BCUT2D eigenvalue weighted by atomic mass is 9.99. The molecule has 24 heavy (non-hydrogen) atoms. The molecule has 1 saturated heterocycles. The van der Waals surface area contributed by atoms with Crippen LogP contribution in [-0.4, -0.2) is 47.3 Å². The molecule has 1 unspecified atom stereocenters. The first-order valence-corrected chi connectivity index (χ1v) is 8.73. The molecule has 1 N–H and O–H groups in total. The zero-order chi connectivity index (χ0) is 16.8. The Morgan fingerprint density at radius 2 is 2.17 bits per heavy atom. The Labute approximate surface area is 144 Å². The zero-order valence-corrected chi connectivity index (χ0v) is 14.7. The summed E-state index contributed by atoms with van der Waals surface area (Å²) in [6, 6.07) is 10.8. The molecule has 0 radical (unpaired) electrons. The number of rotatable bonds is 5. The highest BCUT2D eigenvalue weighted by molar-refractivity contribution is 5.80. The minimum Gasteiger partial charge on any atom is -0.354 e. The van der Waals surface area contributed by atoms with Crippen molar-refractivity contribution < 1.29 is 0 Å². The van der Waals surface area contributed by atoms with Crippen molar-refractivity contribution in [2.75, 3.05) is 26.7 Å². The molecule has 2 heterocycles. The average Bonchev–Trinajstić information content (AvgIpc) is 3.22. The smallest absolute Gasteiger partial charge is 0.193 e. The van der Waals surface area contributed by atoms with E-state index in [1.54, 1.807) is 0 Å². The molecule has 1 atom stereocenters. The molecule has 1 aromatic heterocycles. The molecule has 1 aliphatic rings. The zero-order valence-electron chi connectivity index (χ0n) is 14.7. The van der Waals surface area contributed by atoms with Crippen LogP contribution in [0.3, 0.4) is 0 Å². The molecule has 3 rings (SSSR count). The van der Waals surface area contributed by atoms with Crippen molar-refractivity contribution in [1.29, 1.82) is 0 Å². The molecule has 0 amide bonds. The van der Waals surface area contributed by atoms with Gasteiger partial charge < -0.3 is 10.2 Å². The molecule has 1 aromatic carbocycles. The van der Waals surface area contributed by atoms with Gasteiger partial charge in [-0.2, -0.15) is 5.10 Å². The summed E-state index contributed by atoms with van der Waals surface area (Å²) in [6.07, 6.45) is 6.34. The fraction of sp³-hybridized carbons (Fsp3) is 0.474. The van der Waals surface area contributed by atoms with Gasteiger partial charge in [-0.3, -0.25) is 9.67 Å². The number of hydrogen-bond acceptors (Lipinski definition) is 2. The van der Waals surface area contributed by atoms with Crippen molar-refractivity contribution >= 4 is 5.96 Å². The van der Waals surface area contributed by atoms with E-state index < -0.39 is 0 Å². The Bertz CT molecular complexity index is 661. The fourth-order valence-corrected chi connectivity index (χ4v) is 3.34. The van der Waals surface area contributed by atoms with E-state index in [2.05, 4.69) is 63.8 Å². The Morgan fingerprint density at radius 3 is 2.88 bits per heavy atom. The molecule has 2 aromatic rings. The van der Waals surface area contributed by atoms with Gasteiger partial charge in [0.2, 0.25) is 0 Å². The third kappa shape index (κ3) is 4.37. The Kier molecular flexibility index (Phi) is 5.51. The van der Waals surface area contributed by atoms with Crippen LogP contribution in [0, 0.1) is 12.8 Å². The fourth-order valence-electron chi connectivity index (χ4n) is 3.34. The van der Waals surface area contributed by atoms with Gasteiger partial charge >= 0.3 is 0 Å². The minimum atomic E-state index is 0.708. The molecule has 5 heteroatoms. The lowest BCUT2D eigenvalue weighted by Gasteiger charge is -2.21. The van der Waals surface area contributed by atoms with E-state index in [-0.39, 0.29) is 0 Å². The van der Waals surface area contributed by atoms with Crippen molar-refractivity contribution in [2.24, 2.45) is 10.9 Å². The highest BCUT2D eigenvalue weighted by Gasteiger charge is 2.24. The molecule has 128 valence electrons. The summed E-state index contributed by atoms with van der Waals surface area (Å²) in [5, 5.41) is 7.79. The normalized spacial score (nSPS) is 18.2. The van der Waals surface area contributed by atoms with E-state index in [0.29, 0.717) is 5.92 Å². The van der Waals surface area contributed by atoms with Crippen LogP contribution in [0.5, 0.6) is 0 Å². The summed E-state index contributed by atoms with van der Waals surface area (Å²) in [6.45, 7) is 5.92. The first-order valence-electron chi connectivity index (χ1n) is 8.73. The minimum absolute atomic E-state index is 0.708. The molecular formula is C19H27N5. The van der Waals surface area contributed by atoms with Crippen LogP contribution in [0.2, 0.25) is 0 Å². The maximum absolute atomic E-state index is 4.45. The number of nitrogens with zero attached hydrogens (tertiary/aromatic N) is 4. The molecule has 0 spiro atoms. The van der Waals surface area contributed by atoms with Crippen LogP contribution in [0.25, 0.3) is 0 Å². The highest BCUT2D eigenvalue weighted by Crippen LogP contribution is 2.20. The Morgan fingerprint density at radius 1 is 1.33 bits per heavy atom. The monoisotopic (exact) mass is 325 g/mol. The average molecular weight is 325 g/mol. The molecule has 0 saturated carbocycles. The topological polar surface area (TPSA) is 45.5 Å². The lowest BCUT2D eigenvalue weighted by molar-refractivity contribution is 0.455. The van der Waals surface area contributed by atoms with Crippen LogP contribution in [0.15, 0.2) is 47.7 Å². The number of hydrogen-bond donors (Lipinski definition) is 1. The second-order valence-electron chi connectivity index (χ2n) is 6.55. The van der Waals surface area contributed by atoms with E-state index in [1.165, 1.54) is 17.5 Å². The summed E-state index contributed by atoms with van der Waals surface area (Å²) in [5.74, 6) is 1.72. The SMILES string of the molecule is CN=C(NCCn1cc(C)cn1)N1CCC(Cc2ccccc2)C1. The summed E-state index contributed by atoms with van der Waals surface area (Å²) >= 11 is 0. The van der Waals surface area contributed by atoms with Crippen molar-refractivity contribution in [2.45, 2.75) is 26.3 Å². The summed E-state index contributed by atoms with van der Waals surface area (Å²) < 4.78 is 1.97. The van der Waals surface area contributed by atoms with E-state index in [0.717, 1.165) is 38.6 Å². The van der Waals surface area contributed by atoms with Gasteiger partial charge in [0.25, 0.3) is 0 Å². The summed E-state index contributed by atoms with van der Waals surface area (Å²) in [7, 11) is 1.87. The van der Waals surface area contributed by atoms with Crippen molar-refractivity contribution in [3.05, 3.63) is 53.9 Å². The first kappa shape index (κ1) is 16.6. The van der Waals surface area contributed by atoms with E-state index in [1.807, 2.05) is 17.9 Å². The predicted octanol–water partition coefficient (Wildman–Crippen LogP) is 2.33. The molecule has 0 aliphatic carbocycles. The standard InChI is InChI=1S/C19H27N5/c1-16-13-22-24(14-16)11-9-21-19(20-2)23-10-8-18(15-23)12-17-6-4-3-5-7-17/h3-7,13-14,18H,8-12,15H2,1-2H3,(H,20,21). The predicted molar refractivity (Wildman–Crippen MR) is 98.2 cm³/mol. The van der Waals surface area contributed by atoms with Crippen LogP contribution in [0.1, 0.15) is 17.5 Å². The first-order chi connectivity index (χ1) is 11.7. The molecule has 5 nitrogen and oxygen atoms in total. The number of aromatic nitrogens is 2. The molecular weight excluding hydrogens is 298 g/mol. The number of aryl methyl sites for hydroxylation is 1. The van der Waals surface area contributed by atoms with Crippen molar-refractivity contribution in [1.82, 2.24) is 20.0 Å². The van der Waals surface area contributed by atoms with E-state index in [4.69, 9.17) is 0 Å². The van der Waals surface area contributed by atoms with E-state index in [9.17, 15) is 0 Å². The maximum Gasteiger partial charge on any atom is 0.193 e. The van der Waals surface area contributed by atoms with Gasteiger partial charge in [-0.1, -0.05) is 30.3 Å². The third-order valence-electron chi connectivity index (χ3n) is 4.55. The van der Waals surface area contributed by atoms with Crippen LogP contribution in [0.4, 0.5) is 0 Å². The number of nitrogens with one attached hydrogen (secondary N) is 1. The Hall–Kier alpha value is -2.30. The van der Waals surface area contributed by atoms with Gasteiger partial charge in [0.05, 0.1) is 12.7 Å². The van der Waals surface area contributed by atoms with E-state index >= 15 is 0 Å².